The van der Waals surface area contributed by atoms with E-state index in [1.165, 1.54) is 18.6 Å². The second-order valence-electron chi connectivity index (χ2n) is 6.08. The van der Waals surface area contributed by atoms with Crippen molar-refractivity contribution in [2.24, 2.45) is 17.8 Å². The maximum absolute atomic E-state index is 12.9. The van der Waals surface area contributed by atoms with E-state index in [0.29, 0.717) is 17.4 Å². The van der Waals surface area contributed by atoms with Crippen molar-refractivity contribution in [3.05, 3.63) is 35.6 Å². The van der Waals surface area contributed by atoms with Crippen molar-refractivity contribution in [2.45, 2.75) is 38.3 Å². The van der Waals surface area contributed by atoms with Gasteiger partial charge in [0.1, 0.15) is 5.82 Å². The molecule has 4 heteroatoms. The number of carbonyl (C=O) groups is 1. The molecule has 2 saturated carbocycles. The summed E-state index contributed by atoms with van der Waals surface area (Å²) in [6, 6.07) is 5.37. The molecular weight excluding hydrogens is 257 g/mol. The number of halogens is 1. The SMILES string of the molecule is C[C@H](NC(=O)C1[C@H]2CCC[C@@H]12)[C@@H](O)c1ccc(F)cc1. The highest BCUT2D eigenvalue weighted by Gasteiger charge is 2.56. The van der Waals surface area contributed by atoms with Crippen LogP contribution in [0.1, 0.15) is 37.9 Å². The Morgan fingerprint density at radius 1 is 1.30 bits per heavy atom. The first-order valence-corrected chi connectivity index (χ1v) is 7.32. The fourth-order valence-electron chi connectivity index (χ4n) is 3.56. The number of fused-ring (bicyclic) bond motifs is 1. The van der Waals surface area contributed by atoms with Crippen molar-refractivity contribution in [3.63, 3.8) is 0 Å². The molecule has 0 aliphatic heterocycles. The van der Waals surface area contributed by atoms with Crippen molar-refractivity contribution >= 4 is 5.91 Å². The van der Waals surface area contributed by atoms with Crippen LogP contribution in [0, 0.1) is 23.6 Å². The monoisotopic (exact) mass is 277 g/mol. The molecule has 3 nitrogen and oxygen atoms in total. The van der Waals surface area contributed by atoms with E-state index in [4.69, 9.17) is 0 Å². The molecule has 2 aliphatic rings. The van der Waals surface area contributed by atoms with E-state index in [2.05, 4.69) is 5.32 Å². The topological polar surface area (TPSA) is 49.3 Å². The Kier molecular flexibility index (Phi) is 3.50. The van der Waals surface area contributed by atoms with Gasteiger partial charge in [0, 0.05) is 5.92 Å². The highest BCUT2D eigenvalue weighted by Crippen LogP contribution is 2.57. The van der Waals surface area contributed by atoms with Crippen LogP contribution in [0.4, 0.5) is 4.39 Å². The van der Waals surface area contributed by atoms with Gasteiger partial charge in [-0.15, -0.1) is 0 Å². The lowest BCUT2D eigenvalue weighted by atomic mass is 10.0. The average molecular weight is 277 g/mol. The Morgan fingerprint density at radius 2 is 1.90 bits per heavy atom. The zero-order valence-corrected chi connectivity index (χ0v) is 11.6. The van der Waals surface area contributed by atoms with E-state index in [0.717, 1.165) is 12.8 Å². The predicted octanol–water partition coefficient (Wildman–Crippen LogP) is 2.41. The van der Waals surface area contributed by atoms with Crippen LogP contribution in [0.3, 0.4) is 0 Å². The molecule has 5 atom stereocenters. The minimum absolute atomic E-state index is 0.0633. The van der Waals surface area contributed by atoms with Gasteiger partial charge in [0.25, 0.3) is 0 Å². The number of benzene rings is 1. The zero-order chi connectivity index (χ0) is 14.3. The molecule has 108 valence electrons. The molecule has 0 spiro atoms. The number of aliphatic hydroxyl groups is 1. The molecule has 0 bridgehead atoms. The van der Waals surface area contributed by atoms with Gasteiger partial charge in [-0.2, -0.15) is 0 Å². The molecule has 1 aromatic rings. The molecule has 2 N–H and O–H groups in total. The zero-order valence-electron chi connectivity index (χ0n) is 11.6. The van der Waals surface area contributed by atoms with Gasteiger partial charge in [0.2, 0.25) is 5.91 Å². The summed E-state index contributed by atoms with van der Waals surface area (Å²) >= 11 is 0. The molecule has 1 unspecified atom stereocenters. The Bertz CT molecular complexity index is 492. The van der Waals surface area contributed by atoms with Crippen LogP contribution in [0.15, 0.2) is 24.3 Å². The Hall–Kier alpha value is -1.42. The lowest BCUT2D eigenvalue weighted by Gasteiger charge is -2.21. The van der Waals surface area contributed by atoms with Crippen LogP contribution in [-0.4, -0.2) is 17.1 Å². The number of aliphatic hydroxyl groups excluding tert-OH is 1. The third kappa shape index (κ3) is 2.44. The lowest BCUT2D eigenvalue weighted by molar-refractivity contribution is -0.124. The van der Waals surface area contributed by atoms with Gasteiger partial charge in [-0.05, 0) is 49.3 Å². The van der Waals surface area contributed by atoms with Gasteiger partial charge in [-0.3, -0.25) is 4.79 Å². The van der Waals surface area contributed by atoms with Gasteiger partial charge in [-0.25, -0.2) is 4.39 Å². The number of hydrogen-bond acceptors (Lipinski definition) is 2. The molecule has 20 heavy (non-hydrogen) atoms. The van der Waals surface area contributed by atoms with Gasteiger partial charge >= 0.3 is 0 Å². The van der Waals surface area contributed by atoms with E-state index >= 15 is 0 Å². The Morgan fingerprint density at radius 3 is 2.50 bits per heavy atom. The number of hydrogen-bond donors (Lipinski definition) is 2. The summed E-state index contributed by atoms with van der Waals surface area (Å²) in [5, 5.41) is 13.1. The predicted molar refractivity (Wildman–Crippen MR) is 73.3 cm³/mol. The van der Waals surface area contributed by atoms with E-state index in [1.807, 2.05) is 0 Å². The van der Waals surface area contributed by atoms with Gasteiger partial charge in [0.15, 0.2) is 0 Å². The van der Waals surface area contributed by atoms with E-state index in [9.17, 15) is 14.3 Å². The van der Waals surface area contributed by atoms with Crippen molar-refractivity contribution < 1.29 is 14.3 Å². The third-order valence-electron chi connectivity index (χ3n) is 4.76. The molecule has 1 amide bonds. The van der Waals surface area contributed by atoms with Crippen molar-refractivity contribution in [3.8, 4) is 0 Å². The van der Waals surface area contributed by atoms with Gasteiger partial charge in [0.05, 0.1) is 12.1 Å². The van der Waals surface area contributed by atoms with Crippen molar-refractivity contribution in [2.75, 3.05) is 0 Å². The summed E-state index contributed by atoms with van der Waals surface area (Å²) in [7, 11) is 0. The van der Waals surface area contributed by atoms with Crippen LogP contribution in [0.2, 0.25) is 0 Å². The molecule has 0 radical (unpaired) electrons. The van der Waals surface area contributed by atoms with Crippen molar-refractivity contribution in [1.82, 2.24) is 5.32 Å². The van der Waals surface area contributed by atoms with Crippen LogP contribution in [-0.2, 0) is 4.79 Å². The fraction of sp³-hybridized carbons (Fsp3) is 0.562. The van der Waals surface area contributed by atoms with Crippen LogP contribution < -0.4 is 5.32 Å². The number of nitrogens with one attached hydrogen (secondary N) is 1. The molecule has 0 heterocycles. The highest BCUT2D eigenvalue weighted by molar-refractivity contribution is 5.82. The second-order valence-corrected chi connectivity index (χ2v) is 6.08. The molecule has 2 fully saturated rings. The summed E-state index contributed by atoms with van der Waals surface area (Å²) in [6.07, 6.45) is 2.76. The maximum Gasteiger partial charge on any atom is 0.223 e. The standard InChI is InChI=1S/C16H20FNO2/c1-9(15(19)10-5-7-11(17)8-6-10)18-16(20)14-12-3-2-4-13(12)14/h5-9,12-15,19H,2-4H2,1H3,(H,18,20)/t9-,12-,13+,14?,15+/m0/s1. The number of amides is 1. The Labute approximate surface area is 118 Å². The van der Waals surface area contributed by atoms with Crippen LogP contribution >= 0.6 is 0 Å². The minimum Gasteiger partial charge on any atom is -0.386 e. The van der Waals surface area contributed by atoms with Gasteiger partial charge in [-0.1, -0.05) is 18.6 Å². The minimum atomic E-state index is -0.807. The molecule has 1 aromatic carbocycles. The first kappa shape index (κ1) is 13.6. The normalized spacial score (nSPS) is 30.4. The summed E-state index contributed by atoms with van der Waals surface area (Å²) < 4.78 is 12.9. The first-order chi connectivity index (χ1) is 9.58. The first-order valence-electron chi connectivity index (χ1n) is 7.32. The molecule has 3 rings (SSSR count). The van der Waals surface area contributed by atoms with E-state index in [1.54, 1.807) is 19.1 Å². The van der Waals surface area contributed by atoms with E-state index < -0.39 is 6.10 Å². The quantitative estimate of drug-likeness (QED) is 0.888. The molecule has 0 saturated heterocycles. The number of carbonyl (C=O) groups excluding carboxylic acids is 1. The maximum atomic E-state index is 12.9. The largest absolute Gasteiger partial charge is 0.386 e. The average Bonchev–Trinajstić information content (AvgIpc) is 2.92. The van der Waals surface area contributed by atoms with Crippen LogP contribution in [0.25, 0.3) is 0 Å². The summed E-state index contributed by atoms with van der Waals surface area (Å²) in [5.74, 6) is 1.04. The molecule has 2 aliphatic carbocycles. The fourth-order valence-corrected chi connectivity index (χ4v) is 3.56. The lowest BCUT2D eigenvalue weighted by Crippen LogP contribution is -2.38. The molecule has 0 aromatic heterocycles. The van der Waals surface area contributed by atoms with E-state index in [-0.39, 0.29) is 23.7 Å². The second kappa shape index (κ2) is 5.17. The summed E-state index contributed by atoms with van der Waals surface area (Å²) in [4.78, 5) is 12.1. The number of rotatable bonds is 4. The summed E-state index contributed by atoms with van der Waals surface area (Å²) in [5.41, 5.74) is 0.621. The smallest absolute Gasteiger partial charge is 0.223 e. The van der Waals surface area contributed by atoms with Gasteiger partial charge < -0.3 is 10.4 Å². The van der Waals surface area contributed by atoms with Crippen molar-refractivity contribution in [1.29, 1.82) is 0 Å². The Balaban J connectivity index is 1.57. The van der Waals surface area contributed by atoms with Crippen LogP contribution in [0.5, 0.6) is 0 Å². The molecular formula is C16H20FNO2. The summed E-state index contributed by atoms with van der Waals surface area (Å²) in [6.45, 7) is 1.78. The third-order valence-corrected chi connectivity index (χ3v) is 4.76. The highest BCUT2D eigenvalue weighted by atomic mass is 19.1.